The van der Waals surface area contributed by atoms with Crippen LogP contribution in [0.5, 0.6) is 0 Å². The largest absolute Gasteiger partial charge is 0.0149 e. The SMILES string of the molecule is C.P.[GeH4].[SiH4]. The molecule has 32 valence electrons. The zero-order chi connectivity index (χ0) is 0. The van der Waals surface area contributed by atoms with Gasteiger partial charge in [0.05, 0.1) is 0 Å². The Balaban J connectivity index is 0. The molecule has 0 aliphatic rings. The standard InChI is InChI=1S/CH4.GeH4.H3P.H4Si/h2*1H4;1H3;1H4. The van der Waals surface area contributed by atoms with Crippen LogP contribution >= 0.6 is 9.90 Å². The molecule has 0 spiro atoms. The van der Waals surface area contributed by atoms with Gasteiger partial charge in [-0.2, -0.15) is 9.90 Å². The van der Waals surface area contributed by atoms with Crippen LogP contribution in [0.3, 0.4) is 0 Å². The first-order valence-corrected chi connectivity index (χ1v) is 0. The summed E-state index contributed by atoms with van der Waals surface area (Å²) in [5, 5.41) is 0. The molecule has 0 aliphatic heterocycles. The molecule has 0 N–H and O–H groups in total. The third-order valence-corrected chi connectivity index (χ3v) is 0. The summed E-state index contributed by atoms with van der Waals surface area (Å²) < 4.78 is 0. The fourth-order valence-corrected chi connectivity index (χ4v) is 0. The van der Waals surface area contributed by atoms with E-state index in [1.54, 1.807) is 0 Å². The molecule has 3 heteroatoms. The van der Waals surface area contributed by atoms with Gasteiger partial charge in [0, 0.05) is 0 Å². The van der Waals surface area contributed by atoms with Gasteiger partial charge in [-0.05, 0) is 11.0 Å². The van der Waals surface area contributed by atoms with Gasteiger partial charge in [-0.15, -0.1) is 0 Å². The quantitative estimate of drug-likeness (QED) is 0.277. The van der Waals surface area contributed by atoms with Crippen LogP contribution in [-0.2, 0) is 0 Å². The molecule has 0 aromatic carbocycles. The number of rotatable bonds is 0. The Bertz CT molecular complexity index is 8.00. The van der Waals surface area contributed by atoms with Gasteiger partial charge < -0.3 is 0 Å². The molecular formula is CH15GePSi. The van der Waals surface area contributed by atoms with E-state index < -0.39 is 0 Å². The number of hydrogen-bond acceptors (Lipinski definition) is 0. The zero-order valence-corrected chi connectivity index (χ0v) is 2.12. The second-order valence-corrected chi connectivity index (χ2v) is 0. The normalized spacial score (nSPS) is 0. The van der Waals surface area contributed by atoms with E-state index in [2.05, 4.69) is 0 Å². The zero-order valence-electron chi connectivity index (χ0n) is 0.707. The Morgan fingerprint density at radius 1 is 1.00 bits per heavy atom. The summed E-state index contributed by atoms with van der Waals surface area (Å²) in [7, 11) is 0. The van der Waals surface area contributed by atoms with Crippen LogP contribution in [-0.4, -0.2) is 28.6 Å². The van der Waals surface area contributed by atoms with Crippen LogP contribution in [0.1, 0.15) is 7.43 Å². The molecule has 1 unspecified atom stereocenters. The third-order valence-electron chi connectivity index (χ3n) is 0. The Kier molecular flexibility index (Phi) is 485. The van der Waals surface area contributed by atoms with Crippen molar-refractivity contribution in [1.29, 1.82) is 0 Å². The minimum absolute atomic E-state index is 0. The molecule has 0 saturated heterocycles. The predicted octanol–water partition coefficient (Wildman–Crippen LogP) is -2.21. The van der Waals surface area contributed by atoms with Crippen molar-refractivity contribution >= 4 is 38.5 Å². The molecule has 0 aromatic heterocycles. The van der Waals surface area contributed by atoms with Gasteiger partial charge in [-0.3, -0.25) is 0 Å². The van der Waals surface area contributed by atoms with E-state index in [0.29, 0.717) is 0 Å². The Hall–Kier alpha value is 1.19. The summed E-state index contributed by atoms with van der Waals surface area (Å²) in [4.78, 5) is 0. The second kappa shape index (κ2) is 30.1. The van der Waals surface area contributed by atoms with E-state index in [1.165, 1.54) is 0 Å². The topological polar surface area (TPSA) is 0 Å². The molecular weight excluding hydrogens is 144 g/mol. The van der Waals surface area contributed by atoms with Gasteiger partial charge in [0.15, 0.2) is 0 Å². The second-order valence-electron chi connectivity index (χ2n) is 0. The van der Waals surface area contributed by atoms with Crippen LogP contribution in [0, 0.1) is 0 Å². The maximum atomic E-state index is 0. The average molecular weight is 159 g/mol. The van der Waals surface area contributed by atoms with E-state index in [9.17, 15) is 0 Å². The first kappa shape index (κ1) is 64.4. The van der Waals surface area contributed by atoms with Crippen molar-refractivity contribution in [2.24, 2.45) is 0 Å². The van der Waals surface area contributed by atoms with Gasteiger partial charge in [-0.25, -0.2) is 0 Å². The molecule has 0 heterocycles. The molecule has 0 aliphatic carbocycles. The molecule has 0 bridgehead atoms. The summed E-state index contributed by atoms with van der Waals surface area (Å²) in [5.74, 6) is 0. The van der Waals surface area contributed by atoms with E-state index in [0.717, 1.165) is 0 Å². The van der Waals surface area contributed by atoms with E-state index in [-0.39, 0.29) is 45.9 Å². The summed E-state index contributed by atoms with van der Waals surface area (Å²) >= 11 is 0. The molecule has 0 saturated carbocycles. The summed E-state index contributed by atoms with van der Waals surface area (Å²) in [5.41, 5.74) is 0. The van der Waals surface area contributed by atoms with Crippen LogP contribution in [0.15, 0.2) is 0 Å². The van der Waals surface area contributed by atoms with Gasteiger partial charge in [0.25, 0.3) is 0 Å². The van der Waals surface area contributed by atoms with Gasteiger partial charge in [0.2, 0.25) is 0 Å². The molecule has 0 radical (unpaired) electrons. The van der Waals surface area contributed by atoms with Gasteiger partial charge in [-0.1, -0.05) is 7.43 Å². The van der Waals surface area contributed by atoms with Crippen molar-refractivity contribution in [1.82, 2.24) is 0 Å². The van der Waals surface area contributed by atoms with Gasteiger partial charge in [0.1, 0.15) is 0 Å². The molecule has 0 fully saturated rings. The van der Waals surface area contributed by atoms with Crippen molar-refractivity contribution in [2.75, 3.05) is 0 Å². The molecule has 0 aromatic rings. The van der Waals surface area contributed by atoms with Crippen LogP contribution in [0.4, 0.5) is 0 Å². The van der Waals surface area contributed by atoms with Crippen LogP contribution < -0.4 is 0 Å². The molecule has 0 amide bonds. The third kappa shape index (κ3) is 10.8. The van der Waals surface area contributed by atoms with Crippen molar-refractivity contribution in [2.45, 2.75) is 7.43 Å². The molecule has 0 rings (SSSR count). The number of hydrogen-bond donors (Lipinski definition) is 0. The minimum Gasteiger partial charge on any atom is -0.0149 e. The van der Waals surface area contributed by atoms with E-state index >= 15 is 0 Å². The van der Waals surface area contributed by atoms with Crippen molar-refractivity contribution < 1.29 is 0 Å². The Labute approximate surface area is 46.4 Å². The van der Waals surface area contributed by atoms with Crippen molar-refractivity contribution in [3.63, 3.8) is 0 Å². The maximum absolute atomic E-state index is 0. The van der Waals surface area contributed by atoms with Crippen molar-refractivity contribution in [3.05, 3.63) is 0 Å². The average Bonchev–Trinajstić information content (AvgIpc) is 0. The van der Waals surface area contributed by atoms with Crippen molar-refractivity contribution in [3.8, 4) is 0 Å². The molecule has 0 nitrogen and oxygen atoms in total. The monoisotopic (exact) mass is 160 g/mol. The summed E-state index contributed by atoms with van der Waals surface area (Å²) in [6.07, 6.45) is 0. The minimum atomic E-state index is 0. The smallest absolute Gasteiger partial charge is 0.0149 e. The Morgan fingerprint density at radius 2 is 1.00 bits per heavy atom. The summed E-state index contributed by atoms with van der Waals surface area (Å²) in [6, 6.07) is 0. The first-order valence-electron chi connectivity index (χ1n) is 0. The van der Waals surface area contributed by atoms with Crippen LogP contribution in [0.25, 0.3) is 0 Å². The Morgan fingerprint density at radius 3 is 1.00 bits per heavy atom. The van der Waals surface area contributed by atoms with E-state index in [4.69, 9.17) is 0 Å². The van der Waals surface area contributed by atoms with Crippen LogP contribution in [0.2, 0.25) is 0 Å². The van der Waals surface area contributed by atoms with E-state index in [1.807, 2.05) is 0 Å². The maximum Gasteiger partial charge on any atom is -0.0149 e. The molecule has 1 atom stereocenters. The fraction of sp³-hybridized carbons (Fsp3) is 1.00. The van der Waals surface area contributed by atoms with Gasteiger partial charge >= 0.3 is 17.6 Å². The fourth-order valence-electron chi connectivity index (χ4n) is 0. The molecule has 4 heavy (non-hydrogen) atoms. The first-order chi connectivity index (χ1) is 0. The predicted molar refractivity (Wildman–Crippen MR) is 40.5 cm³/mol. The summed E-state index contributed by atoms with van der Waals surface area (Å²) in [6.45, 7) is 0.